The molecule has 2 fully saturated rings. The fourth-order valence-electron chi connectivity index (χ4n) is 2.65. The Morgan fingerprint density at radius 2 is 1.82 bits per heavy atom. The van der Waals surface area contributed by atoms with Gasteiger partial charge in [-0.05, 0) is 57.2 Å². The minimum absolute atomic E-state index is 0.798. The average molecular weight is 153 g/mol. The van der Waals surface area contributed by atoms with Crippen molar-refractivity contribution in [2.75, 3.05) is 20.1 Å². The Morgan fingerprint density at radius 1 is 1.18 bits per heavy atom. The second kappa shape index (κ2) is 2.48. The van der Waals surface area contributed by atoms with E-state index in [-0.39, 0.29) is 0 Å². The van der Waals surface area contributed by atoms with Crippen LogP contribution in [0.2, 0.25) is 0 Å². The summed E-state index contributed by atoms with van der Waals surface area (Å²) in [6, 6.07) is 0. The zero-order valence-corrected chi connectivity index (χ0v) is 7.77. The lowest BCUT2D eigenvalue weighted by atomic mass is 9.56. The second-order valence-electron chi connectivity index (χ2n) is 4.61. The molecule has 1 atom stereocenters. The summed E-state index contributed by atoms with van der Waals surface area (Å²) in [5.74, 6) is 1.02. The number of piperidine rings is 1. The van der Waals surface area contributed by atoms with E-state index >= 15 is 0 Å². The van der Waals surface area contributed by atoms with Crippen molar-refractivity contribution < 1.29 is 0 Å². The van der Waals surface area contributed by atoms with Crippen molar-refractivity contribution in [2.24, 2.45) is 11.3 Å². The molecule has 0 aromatic heterocycles. The van der Waals surface area contributed by atoms with Gasteiger partial charge in [0.2, 0.25) is 0 Å². The third-order valence-electron chi connectivity index (χ3n) is 4.10. The Bertz CT molecular complexity index is 145. The van der Waals surface area contributed by atoms with E-state index < -0.39 is 0 Å². The van der Waals surface area contributed by atoms with Crippen LogP contribution in [0.3, 0.4) is 0 Å². The summed E-state index contributed by atoms with van der Waals surface area (Å²) in [6.45, 7) is 5.11. The molecule has 1 unspecified atom stereocenters. The maximum absolute atomic E-state index is 2.47. The zero-order chi connectivity index (χ0) is 7.90. The summed E-state index contributed by atoms with van der Waals surface area (Å²) < 4.78 is 0. The molecule has 2 aliphatic rings. The quantitative estimate of drug-likeness (QED) is 0.515. The van der Waals surface area contributed by atoms with Gasteiger partial charge in [0, 0.05) is 0 Å². The van der Waals surface area contributed by atoms with Crippen molar-refractivity contribution in [1.82, 2.24) is 4.90 Å². The van der Waals surface area contributed by atoms with Crippen molar-refractivity contribution in [1.29, 1.82) is 0 Å². The first-order valence-electron chi connectivity index (χ1n) is 4.91. The molecule has 0 bridgehead atoms. The molecule has 1 aliphatic heterocycles. The lowest BCUT2D eigenvalue weighted by molar-refractivity contribution is -0.0182. The first-order chi connectivity index (χ1) is 5.23. The maximum atomic E-state index is 2.47. The van der Waals surface area contributed by atoms with Gasteiger partial charge in [0.15, 0.2) is 0 Å². The molecule has 1 saturated carbocycles. The Hall–Kier alpha value is -0.0400. The van der Waals surface area contributed by atoms with Crippen LogP contribution in [0.5, 0.6) is 0 Å². The van der Waals surface area contributed by atoms with E-state index in [4.69, 9.17) is 0 Å². The van der Waals surface area contributed by atoms with Crippen LogP contribution >= 0.6 is 0 Å². The summed E-state index contributed by atoms with van der Waals surface area (Å²) in [4.78, 5) is 2.47. The summed E-state index contributed by atoms with van der Waals surface area (Å²) in [5, 5.41) is 0. The van der Waals surface area contributed by atoms with Crippen LogP contribution in [0, 0.1) is 11.3 Å². The first kappa shape index (κ1) is 7.60. The van der Waals surface area contributed by atoms with Gasteiger partial charge in [-0.1, -0.05) is 6.92 Å². The Morgan fingerprint density at radius 3 is 2.18 bits per heavy atom. The third kappa shape index (κ3) is 1.10. The van der Waals surface area contributed by atoms with Gasteiger partial charge in [-0.25, -0.2) is 0 Å². The molecule has 11 heavy (non-hydrogen) atoms. The molecule has 1 nitrogen and oxygen atoms in total. The van der Waals surface area contributed by atoms with Gasteiger partial charge in [-0.2, -0.15) is 0 Å². The minimum Gasteiger partial charge on any atom is -0.306 e. The predicted molar refractivity (Wildman–Crippen MR) is 47.6 cm³/mol. The SMILES string of the molecule is CC1CCC12CCN(C)CC2. The third-order valence-corrected chi connectivity index (χ3v) is 4.10. The smallest absolute Gasteiger partial charge is 0.00164 e. The molecule has 1 saturated heterocycles. The van der Waals surface area contributed by atoms with Crippen LogP contribution < -0.4 is 0 Å². The van der Waals surface area contributed by atoms with Crippen molar-refractivity contribution in [3.63, 3.8) is 0 Å². The fraction of sp³-hybridized carbons (Fsp3) is 1.00. The van der Waals surface area contributed by atoms with Crippen molar-refractivity contribution in [3.8, 4) is 0 Å². The molecule has 2 rings (SSSR count). The lowest BCUT2D eigenvalue weighted by Crippen LogP contribution is -2.47. The van der Waals surface area contributed by atoms with Crippen molar-refractivity contribution in [2.45, 2.75) is 32.6 Å². The van der Waals surface area contributed by atoms with E-state index in [0.29, 0.717) is 0 Å². The minimum atomic E-state index is 0.798. The molecule has 0 amide bonds. The molecular formula is C10H19N. The van der Waals surface area contributed by atoms with Gasteiger partial charge in [-0.3, -0.25) is 0 Å². The number of rotatable bonds is 0. The second-order valence-corrected chi connectivity index (χ2v) is 4.61. The predicted octanol–water partition coefficient (Wildman–Crippen LogP) is 2.13. The molecule has 0 radical (unpaired) electrons. The van der Waals surface area contributed by atoms with Crippen molar-refractivity contribution in [3.05, 3.63) is 0 Å². The highest BCUT2D eigenvalue weighted by molar-refractivity contribution is 4.96. The summed E-state index contributed by atoms with van der Waals surface area (Å²) in [5.41, 5.74) is 0.798. The highest BCUT2D eigenvalue weighted by Gasteiger charge is 2.44. The number of hydrogen-bond acceptors (Lipinski definition) is 1. The molecule has 0 aromatic carbocycles. The van der Waals surface area contributed by atoms with Gasteiger partial charge in [0.1, 0.15) is 0 Å². The normalized spacial score (nSPS) is 37.1. The van der Waals surface area contributed by atoms with Crippen LogP contribution in [0.25, 0.3) is 0 Å². The largest absolute Gasteiger partial charge is 0.306 e. The topological polar surface area (TPSA) is 3.24 Å². The Labute approximate surface area is 69.8 Å². The molecule has 1 heterocycles. The van der Waals surface area contributed by atoms with Crippen molar-refractivity contribution >= 4 is 0 Å². The lowest BCUT2D eigenvalue weighted by Gasteiger charge is -2.52. The van der Waals surface area contributed by atoms with E-state index in [2.05, 4.69) is 18.9 Å². The summed E-state index contributed by atoms with van der Waals surface area (Å²) in [6.07, 6.45) is 5.93. The van der Waals surface area contributed by atoms with E-state index in [1.165, 1.54) is 38.8 Å². The van der Waals surface area contributed by atoms with Crippen LogP contribution in [-0.2, 0) is 0 Å². The van der Waals surface area contributed by atoms with E-state index in [1.54, 1.807) is 0 Å². The Kier molecular flexibility index (Phi) is 1.71. The van der Waals surface area contributed by atoms with E-state index in [9.17, 15) is 0 Å². The average Bonchev–Trinajstić information content (AvgIpc) is 2.03. The molecule has 1 heteroatoms. The molecular weight excluding hydrogens is 134 g/mol. The maximum Gasteiger partial charge on any atom is -0.00164 e. The van der Waals surface area contributed by atoms with Crippen LogP contribution in [0.4, 0.5) is 0 Å². The van der Waals surface area contributed by atoms with Gasteiger partial charge in [-0.15, -0.1) is 0 Å². The highest BCUT2D eigenvalue weighted by Crippen LogP contribution is 2.53. The number of likely N-dealkylation sites (tertiary alicyclic amines) is 1. The first-order valence-corrected chi connectivity index (χ1v) is 4.91. The van der Waals surface area contributed by atoms with E-state index in [1.807, 2.05) is 0 Å². The van der Waals surface area contributed by atoms with Crippen LogP contribution in [0.1, 0.15) is 32.6 Å². The Balaban J connectivity index is 1.96. The standard InChI is InChI=1S/C10H19N/c1-9-3-4-10(9)5-7-11(2)8-6-10/h9H,3-8H2,1-2H3. The molecule has 1 aliphatic carbocycles. The summed E-state index contributed by atoms with van der Waals surface area (Å²) in [7, 11) is 2.25. The van der Waals surface area contributed by atoms with E-state index in [0.717, 1.165) is 11.3 Å². The number of nitrogens with zero attached hydrogens (tertiary/aromatic N) is 1. The van der Waals surface area contributed by atoms with Gasteiger partial charge in [0.25, 0.3) is 0 Å². The van der Waals surface area contributed by atoms with Gasteiger partial charge < -0.3 is 4.90 Å². The zero-order valence-electron chi connectivity index (χ0n) is 7.77. The summed E-state index contributed by atoms with van der Waals surface area (Å²) >= 11 is 0. The number of hydrogen-bond donors (Lipinski definition) is 0. The fourth-order valence-corrected chi connectivity index (χ4v) is 2.65. The monoisotopic (exact) mass is 153 g/mol. The highest BCUT2D eigenvalue weighted by atomic mass is 15.1. The molecule has 0 aromatic rings. The van der Waals surface area contributed by atoms with Crippen LogP contribution in [-0.4, -0.2) is 25.0 Å². The van der Waals surface area contributed by atoms with Crippen LogP contribution in [0.15, 0.2) is 0 Å². The van der Waals surface area contributed by atoms with Gasteiger partial charge >= 0.3 is 0 Å². The van der Waals surface area contributed by atoms with Gasteiger partial charge in [0.05, 0.1) is 0 Å². The molecule has 64 valence electrons. The molecule has 0 N–H and O–H groups in total. The molecule has 1 spiro atoms.